The summed E-state index contributed by atoms with van der Waals surface area (Å²) < 4.78 is 25.7. The zero-order chi connectivity index (χ0) is 9.78. The van der Waals surface area contributed by atoms with Gasteiger partial charge in [-0.15, -0.1) is 0 Å². The summed E-state index contributed by atoms with van der Waals surface area (Å²) in [7, 11) is -0.278. The van der Waals surface area contributed by atoms with Crippen LogP contribution < -0.4 is 0 Å². The Hall–Kier alpha value is -0.780. The molecule has 5 nitrogen and oxygen atoms in total. The van der Waals surface area contributed by atoms with Crippen LogP contribution in [0.3, 0.4) is 0 Å². The van der Waals surface area contributed by atoms with E-state index in [0.29, 0.717) is 0 Å². The molecule has 72 valence electrons. The monoisotopic (exact) mass is 195 g/mol. The first-order valence-electron chi connectivity index (χ1n) is 3.33. The summed E-state index contributed by atoms with van der Waals surface area (Å²) >= 11 is 0. The van der Waals surface area contributed by atoms with Gasteiger partial charge in [0.25, 0.3) is 0 Å². The second-order valence-electron chi connectivity index (χ2n) is 2.52. The second kappa shape index (κ2) is 4.30. The molecule has 0 aliphatic rings. The highest BCUT2D eigenvalue weighted by atomic mass is 32.2. The predicted molar refractivity (Wildman–Crippen MR) is 44.7 cm³/mol. The van der Waals surface area contributed by atoms with Gasteiger partial charge in [0.1, 0.15) is 9.84 Å². The molecule has 0 aliphatic carbocycles. The Morgan fingerprint density at radius 2 is 2.00 bits per heavy atom. The van der Waals surface area contributed by atoms with E-state index in [9.17, 15) is 13.2 Å². The molecule has 0 aromatic heterocycles. The van der Waals surface area contributed by atoms with Crippen molar-refractivity contribution in [3.8, 4) is 0 Å². The standard InChI is InChI=1S/C6H13NO4S/c1-7(6(8)11-2)4-5-12(3,9)10/h4-5H2,1-3H3. The van der Waals surface area contributed by atoms with Crippen molar-refractivity contribution in [1.82, 2.24) is 4.90 Å². The largest absolute Gasteiger partial charge is 0.453 e. The van der Waals surface area contributed by atoms with Crippen LogP contribution in [0.2, 0.25) is 0 Å². The predicted octanol–water partition coefficient (Wildman–Crippen LogP) is -0.271. The van der Waals surface area contributed by atoms with E-state index in [-0.39, 0.29) is 12.3 Å². The first-order valence-corrected chi connectivity index (χ1v) is 5.39. The molecule has 0 atom stereocenters. The Bertz CT molecular complexity index is 246. The molecule has 0 heterocycles. The highest BCUT2D eigenvalue weighted by Gasteiger charge is 2.10. The minimum Gasteiger partial charge on any atom is -0.453 e. The number of ether oxygens (including phenoxy) is 1. The number of carbonyl (C=O) groups is 1. The molecular formula is C6H13NO4S. The van der Waals surface area contributed by atoms with E-state index in [2.05, 4.69) is 4.74 Å². The van der Waals surface area contributed by atoms with Gasteiger partial charge in [-0.1, -0.05) is 0 Å². The van der Waals surface area contributed by atoms with Gasteiger partial charge in [0.2, 0.25) is 0 Å². The van der Waals surface area contributed by atoms with Crippen molar-refractivity contribution in [3.05, 3.63) is 0 Å². The molecule has 0 N–H and O–H groups in total. The van der Waals surface area contributed by atoms with Crippen molar-refractivity contribution in [2.75, 3.05) is 32.7 Å². The van der Waals surface area contributed by atoms with Crippen LogP contribution in [-0.2, 0) is 14.6 Å². The molecular weight excluding hydrogens is 182 g/mol. The third-order valence-electron chi connectivity index (χ3n) is 1.28. The molecule has 0 radical (unpaired) electrons. The minimum atomic E-state index is -3.01. The van der Waals surface area contributed by atoms with Crippen LogP contribution >= 0.6 is 0 Å². The highest BCUT2D eigenvalue weighted by molar-refractivity contribution is 7.90. The SMILES string of the molecule is COC(=O)N(C)CCS(C)(=O)=O. The van der Waals surface area contributed by atoms with Gasteiger partial charge >= 0.3 is 6.09 Å². The number of amides is 1. The van der Waals surface area contributed by atoms with Crippen LogP contribution in [0.1, 0.15) is 0 Å². The van der Waals surface area contributed by atoms with E-state index in [1.165, 1.54) is 19.1 Å². The number of sulfone groups is 1. The average Bonchev–Trinajstić information content (AvgIpc) is 1.97. The highest BCUT2D eigenvalue weighted by Crippen LogP contribution is 1.90. The molecule has 0 unspecified atom stereocenters. The van der Waals surface area contributed by atoms with Gasteiger partial charge in [0.05, 0.1) is 12.9 Å². The van der Waals surface area contributed by atoms with E-state index < -0.39 is 15.9 Å². The molecule has 0 spiro atoms. The van der Waals surface area contributed by atoms with Crippen molar-refractivity contribution in [2.45, 2.75) is 0 Å². The van der Waals surface area contributed by atoms with Gasteiger partial charge in [-0.2, -0.15) is 0 Å². The molecule has 0 bridgehead atoms. The lowest BCUT2D eigenvalue weighted by Gasteiger charge is -2.13. The van der Waals surface area contributed by atoms with Crippen molar-refractivity contribution in [1.29, 1.82) is 0 Å². The van der Waals surface area contributed by atoms with Gasteiger partial charge in [0, 0.05) is 19.8 Å². The van der Waals surface area contributed by atoms with Crippen LogP contribution in [-0.4, -0.2) is 52.1 Å². The van der Waals surface area contributed by atoms with Gasteiger partial charge < -0.3 is 9.64 Å². The van der Waals surface area contributed by atoms with Crippen LogP contribution in [0.25, 0.3) is 0 Å². The molecule has 12 heavy (non-hydrogen) atoms. The van der Waals surface area contributed by atoms with Crippen molar-refractivity contribution in [2.24, 2.45) is 0 Å². The third-order valence-corrected chi connectivity index (χ3v) is 2.21. The number of nitrogens with zero attached hydrogens (tertiary/aromatic N) is 1. The Labute approximate surface area is 72.2 Å². The summed E-state index contributed by atoms with van der Waals surface area (Å²) in [6.45, 7) is 0.158. The van der Waals surface area contributed by atoms with Crippen molar-refractivity contribution < 1.29 is 17.9 Å². The number of hydrogen-bond donors (Lipinski definition) is 0. The zero-order valence-electron chi connectivity index (χ0n) is 7.40. The Morgan fingerprint density at radius 1 is 1.50 bits per heavy atom. The normalized spacial score (nSPS) is 10.9. The van der Waals surface area contributed by atoms with E-state index in [4.69, 9.17) is 0 Å². The van der Waals surface area contributed by atoms with Gasteiger partial charge in [-0.05, 0) is 0 Å². The summed E-state index contributed by atoms with van der Waals surface area (Å²) in [5.41, 5.74) is 0. The van der Waals surface area contributed by atoms with Gasteiger partial charge in [-0.3, -0.25) is 0 Å². The molecule has 0 aliphatic heterocycles. The summed E-state index contributed by atoms with van der Waals surface area (Å²) in [6.07, 6.45) is 0.594. The minimum absolute atomic E-state index is 0.0431. The molecule has 0 fully saturated rings. The second-order valence-corrected chi connectivity index (χ2v) is 4.78. The van der Waals surface area contributed by atoms with E-state index >= 15 is 0 Å². The van der Waals surface area contributed by atoms with E-state index in [1.807, 2.05) is 0 Å². The third kappa shape index (κ3) is 4.95. The average molecular weight is 195 g/mol. The maximum atomic E-state index is 10.7. The number of carbonyl (C=O) groups excluding carboxylic acids is 1. The lowest BCUT2D eigenvalue weighted by molar-refractivity contribution is 0.135. The quantitative estimate of drug-likeness (QED) is 0.622. The number of rotatable bonds is 3. The van der Waals surface area contributed by atoms with Crippen LogP contribution in [0.15, 0.2) is 0 Å². The summed E-state index contributed by atoms with van der Waals surface area (Å²) in [5, 5.41) is 0. The zero-order valence-corrected chi connectivity index (χ0v) is 8.22. The summed E-state index contributed by atoms with van der Waals surface area (Å²) in [5.74, 6) is -0.0431. The summed E-state index contributed by atoms with van der Waals surface area (Å²) in [4.78, 5) is 11.9. The fourth-order valence-corrected chi connectivity index (χ4v) is 1.16. The fraction of sp³-hybridized carbons (Fsp3) is 0.833. The Morgan fingerprint density at radius 3 is 2.33 bits per heavy atom. The molecule has 6 heteroatoms. The lowest BCUT2D eigenvalue weighted by atomic mass is 10.7. The van der Waals surface area contributed by atoms with Crippen molar-refractivity contribution >= 4 is 15.9 Å². The molecule has 0 saturated carbocycles. The number of hydrogen-bond acceptors (Lipinski definition) is 4. The maximum absolute atomic E-state index is 10.7. The maximum Gasteiger partial charge on any atom is 0.409 e. The molecule has 0 aromatic carbocycles. The Kier molecular flexibility index (Phi) is 4.02. The molecule has 0 rings (SSSR count). The molecule has 0 aromatic rings. The van der Waals surface area contributed by atoms with Crippen LogP contribution in [0, 0.1) is 0 Å². The van der Waals surface area contributed by atoms with E-state index in [0.717, 1.165) is 6.26 Å². The van der Waals surface area contributed by atoms with Crippen LogP contribution in [0.4, 0.5) is 4.79 Å². The fourth-order valence-electron chi connectivity index (χ4n) is 0.550. The lowest BCUT2D eigenvalue weighted by Crippen LogP contribution is -2.31. The topological polar surface area (TPSA) is 63.7 Å². The molecule has 0 saturated heterocycles. The van der Waals surface area contributed by atoms with Crippen LogP contribution in [0.5, 0.6) is 0 Å². The smallest absolute Gasteiger partial charge is 0.409 e. The Balaban J connectivity index is 3.88. The van der Waals surface area contributed by atoms with Gasteiger partial charge in [-0.25, -0.2) is 13.2 Å². The first-order chi connectivity index (χ1) is 5.37. The number of methoxy groups -OCH3 is 1. The first kappa shape index (κ1) is 11.2. The molecule has 1 amide bonds. The summed E-state index contributed by atoms with van der Waals surface area (Å²) in [6, 6.07) is 0. The van der Waals surface area contributed by atoms with Crippen molar-refractivity contribution in [3.63, 3.8) is 0 Å². The van der Waals surface area contributed by atoms with E-state index in [1.54, 1.807) is 0 Å². The van der Waals surface area contributed by atoms with Gasteiger partial charge in [0.15, 0.2) is 0 Å².